The van der Waals surface area contributed by atoms with Crippen molar-refractivity contribution in [1.29, 1.82) is 0 Å². The van der Waals surface area contributed by atoms with Crippen LogP contribution in [0.1, 0.15) is 65.7 Å². The highest BCUT2D eigenvalue weighted by Gasteiger charge is 2.34. The monoisotopic (exact) mass is 330 g/mol. The largest absolute Gasteiger partial charge is 0.481 e. The Kier molecular flexibility index (Phi) is 12.0. The summed E-state index contributed by atoms with van der Waals surface area (Å²) in [4.78, 5) is 35.0. The summed E-state index contributed by atoms with van der Waals surface area (Å²) in [6.07, 6.45) is 4.97. The second kappa shape index (κ2) is 12.9. The number of hydrogen-bond donors (Lipinski definition) is 1. The van der Waals surface area contributed by atoms with Crippen molar-refractivity contribution >= 4 is 17.9 Å². The van der Waals surface area contributed by atoms with Gasteiger partial charge in [-0.3, -0.25) is 14.4 Å². The summed E-state index contributed by atoms with van der Waals surface area (Å²) < 4.78 is 10.2. The van der Waals surface area contributed by atoms with Gasteiger partial charge in [0, 0.05) is 0 Å². The van der Waals surface area contributed by atoms with Gasteiger partial charge in [-0.2, -0.15) is 0 Å². The Bertz CT molecular complexity index is 366. The van der Waals surface area contributed by atoms with Gasteiger partial charge in [-0.05, 0) is 12.8 Å². The number of esters is 2. The van der Waals surface area contributed by atoms with Crippen LogP contribution in [-0.2, 0) is 23.9 Å². The Morgan fingerprint density at radius 3 is 1.78 bits per heavy atom. The second-order valence-corrected chi connectivity index (χ2v) is 5.74. The smallest absolute Gasteiger partial charge is 0.310 e. The van der Waals surface area contributed by atoms with Crippen LogP contribution in [0.2, 0.25) is 0 Å². The number of unbranched alkanes of at least 4 members (excludes halogenated alkanes) is 4. The van der Waals surface area contributed by atoms with Crippen molar-refractivity contribution in [3.05, 3.63) is 0 Å². The third-order valence-corrected chi connectivity index (χ3v) is 3.66. The molecule has 1 N–H and O–H groups in total. The normalized spacial score (nSPS) is 13.2. The van der Waals surface area contributed by atoms with E-state index in [0.29, 0.717) is 6.61 Å². The lowest BCUT2D eigenvalue weighted by Crippen LogP contribution is -2.32. The molecule has 0 rings (SSSR count). The van der Waals surface area contributed by atoms with Crippen molar-refractivity contribution in [2.24, 2.45) is 11.8 Å². The number of carbonyl (C=O) groups is 3. The summed E-state index contributed by atoms with van der Waals surface area (Å²) in [5.41, 5.74) is 0. The van der Waals surface area contributed by atoms with Crippen molar-refractivity contribution in [1.82, 2.24) is 0 Å². The fourth-order valence-corrected chi connectivity index (χ4v) is 2.10. The molecular weight excluding hydrogens is 300 g/mol. The number of carboxylic acid groups (broad SMARTS) is 1. The van der Waals surface area contributed by atoms with Crippen molar-refractivity contribution in [2.45, 2.75) is 65.7 Å². The van der Waals surface area contributed by atoms with E-state index in [1.807, 2.05) is 13.8 Å². The van der Waals surface area contributed by atoms with Crippen molar-refractivity contribution in [2.75, 3.05) is 13.2 Å². The van der Waals surface area contributed by atoms with E-state index in [1.165, 1.54) is 6.92 Å². The lowest BCUT2D eigenvalue weighted by molar-refractivity contribution is -0.162. The minimum absolute atomic E-state index is 0.251. The SMILES string of the molecule is CCCCCOC(=O)C(C)C(CC(=O)O)C(=O)OCCCCC. The van der Waals surface area contributed by atoms with Crippen molar-refractivity contribution in [3.8, 4) is 0 Å². The summed E-state index contributed by atoms with van der Waals surface area (Å²) in [7, 11) is 0. The van der Waals surface area contributed by atoms with Crippen LogP contribution in [0.4, 0.5) is 0 Å². The third kappa shape index (κ3) is 9.92. The van der Waals surface area contributed by atoms with Gasteiger partial charge in [-0.15, -0.1) is 0 Å². The maximum Gasteiger partial charge on any atom is 0.310 e. The molecule has 0 bridgehead atoms. The Morgan fingerprint density at radius 2 is 1.35 bits per heavy atom. The van der Waals surface area contributed by atoms with Crippen LogP contribution >= 0.6 is 0 Å². The Hall–Kier alpha value is -1.59. The molecule has 0 radical (unpaired) electrons. The van der Waals surface area contributed by atoms with Gasteiger partial charge >= 0.3 is 17.9 Å². The molecular formula is C17H30O6. The molecule has 0 saturated heterocycles. The molecule has 0 spiro atoms. The van der Waals surface area contributed by atoms with Gasteiger partial charge in [0.15, 0.2) is 0 Å². The van der Waals surface area contributed by atoms with Crippen LogP contribution in [0.25, 0.3) is 0 Å². The molecule has 0 aromatic heterocycles. The summed E-state index contributed by atoms with van der Waals surface area (Å²) in [5.74, 6) is -4.15. The van der Waals surface area contributed by atoms with Crippen LogP contribution < -0.4 is 0 Å². The number of hydrogen-bond acceptors (Lipinski definition) is 5. The van der Waals surface area contributed by atoms with E-state index in [0.717, 1.165) is 38.5 Å². The van der Waals surface area contributed by atoms with Gasteiger partial charge < -0.3 is 14.6 Å². The zero-order chi connectivity index (χ0) is 17.7. The van der Waals surface area contributed by atoms with E-state index in [2.05, 4.69) is 0 Å². The fraction of sp³-hybridized carbons (Fsp3) is 0.824. The predicted octanol–water partition coefficient (Wildman–Crippen LogP) is 3.18. The standard InChI is InChI=1S/C17H30O6/c1-4-6-8-10-22-16(20)13(3)14(12-15(18)19)17(21)23-11-9-7-5-2/h13-14H,4-12H2,1-3H3,(H,18,19). The van der Waals surface area contributed by atoms with Crippen LogP contribution in [0.15, 0.2) is 0 Å². The van der Waals surface area contributed by atoms with Gasteiger partial charge in [0.25, 0.3) is 0 Å². The molecule has 0 heterocycles. The Balaban J connectivity index is 4.51. The van der Waals surface area contributed by atoms with E-state index in [-0.39, 0.29) is 6.61 Å². The molecule has 134 valence electrons. The first-order valence-corrected chi connectivity index (χ1v) is 8.49. The minimum Gasteiger partial charge on any atom is -0.481 e. The third-order valence-electron chi connectivity index (χ3n) is 3.66. The van der Waals surface area contributed by atoms with Crippen LogP contribution in [0.5, 0.6) is 0 Å². The first-order chi connectivity index (χ1) is 10.9. The minimum atomic E-state index is -1.13. The highest BCUT2D eigenvalue weighted by molar-refractivity contribution is 5.85. The zero-order valence-electron chi connectivity index (χ0n) is 14.5. The number of carboxylic acids is 1. The first kappa shape index (κ1) is 21.4. The van der Waals surface area contributed by atoms with Crippen LogP contribution in [-0.4, -0.2) is 36.2 Å². The lowest BCUT2D eigenvalue weighted by Gasteiger charge is -2.20. The van der Waals surface area contributed by atoms with Gasteiger partial charge in [-0.25, -0.2) is 0 Å². The molecule has 6 nitrogen and oxygen atoms in total. The molecule has 0 aromatic carbocycles. The molecule has 0 aromatic rings. The molecule has 6 heteroatoms. The van der Waals surface area contributed by atoms with Crippen LogP contribution in [0, 0.1) is 11.8 Å². The molecule has 0 aliphatic rings. The van der Waals surface area contributed by atoms with Crippen molar-refractivity contribution in [3.63, 3.8) is 0 Å². The Labute approximate surface area is 138 Å². The summed E-state index contributed by atoms with van der Waals surface area (Å²) in [5, 5.41) is 8.96. The summed E-state index contributed by atoms with van der Waals surface area (Å²) >= 11 is 0. The molecule has 2 atom stereocenters. The molecule has 0 aliphatic carbocycles. The summed E-state index contributed by atoms with van der Waals surface area (Å²) in [6.45, 7) is 6.14. The maximum atomic E-state index is 12.1. The average Bonchev–Trinajstić information content (AvgIpc) is 2.52. The zero-order valence-corrected chi connectivity index (χ0v) is 14.5. The van der Waals surface area contributed by atoms with Gasteiger partial charge in [0.1, 0.15) is 0 Å². The summed E-state index contributed by atoms with van der Waals surface area (Å²) in [6, 6.07) is 0. The van der Waals surface area contributed by atoms with E-state index >= 15 is 0 Å². The average molecular weight is 330 g/mol. The maximum absolute atomic E-state index is 12.1. The van der Waals surface area contributed by atoms with E-state index in [9.17, 15) is 14.4 Å². The quantitative estimate of drug-likeness (QED) is 0.412. The van der Waals surface area contributed by atoms with Gasteiger partial charge in [0.2, 0.25) is 0 Å². The van der Waals surface area contributed by atoms with E-state index in [4.69, 9.17) is 14.6 Å². The van der Waals surface area contributed by atoms with Gasteiger partial charge in [-0.1, -0.05) is 46.5 Å². The fourth-order valence-electron chi connectivity index (χ4n) is 2.10. The van der Waals surface area contributed by atoms with Crippen LogP contribution in [0.3, 0.4) is 0 Å². The highest BCUT2D eigenvalue weighted by Crippen LogP contribution is 2.20. The molecule has 23 heavy (non-hydrogen) atoms. The molecule has 0 amide bonds. The van der Waals surface area contributed by atoms with E-state index < -0.39 is 36.2 Å². The lowest BCUT2D eigenvalue weighted by atomic mass is 9.91. The predicted molar refractivity (Wildman–Crippen MR) is 85.9 cm³/mol. The second-order valence-electron chi connectivity index (χ2n) is 5.74. The molecule has 0 saturated carbocycles. The number of carbonyl (C=O) groups excluding carboxylic acids is 2. The number of rotatable bonds is 13. The number of aliphatic carboxylic acids is 1. The topological polar surface area (TPSA) is 89.9 Å². The highest BCUT2D eigenvalue weighted by atomic mass is 16.5. The molecule has 2 unspecified atom stereocenters. The molecule has 0 aliphatic heterocycles. The Morgan fingerprint density at radius 1 is 0.870 bits per heavy atom. The number of ether oxygens (including phenoxy) is 2. The van der Waals surface area contributed by atoms with Crippen molar-refractivity contribution < 1.29 is 29.0 Å². The molecule has 0 fully saturated rings. The van der Waals surface area contributed by atoms with Gasteiger partial charge in [0.05, 0.1) is 31.5 Å². The van der Waals surface area contributed by atoms with E-state index in [1.54, 1.807) is 0 Å². The first-order valence-electron chi connectivity index (χ1n) is 8.49.